The van der Waals surface area contributed by atoms with E-state index in [1.165, 1.54) is 12.1 Å². The molecule has 7 heteroatoms. The Hall–Kier alpha value is -3.22. The van der Waals surface area contributed by atoms with E-state index in [-0.39, 0.29) is 29.6 Å². The Labute approximate surface area is 168 Å². The van der Waals surface area contributed by atoms with Gasteiger partial charge >= 0.3 is 5.97 Å². The molecule has 1 saturated heterocycles. The molecule has 29 heavy (non-hydrogen) atoms. The summed E-state index contributed by atoms with van der Waals surface area (Å²) in [6.45, 7) is 2.64. The number of hydrogen-bond acceptors (Lipinski definition) is 3. The van der Waals surface area contributed by atoms with Gasteiger partial charge in [0, 0.05) is 24.3 Å². The summed E-state index contributed by atoms with van der Waals surface area (Å²) in [5.74, 6) is -2.22. The number of carboxylic acid groups (broad SMARTS) is 1. The van der Waals surface area contributed by atoms with Crippen molar-refractivity contribution in [2.75, 3.05) is 18.4 Å². The van der Waals surface area contributed by atoms with Crippen molar-refractivity contribution in [2.24, 2.45) is 5.41 Å². The molecule has 3 rings (SSSR count). The fraction of sp³-hybridized carbons (Fsp3) is 0.318. The summed E-state index contributed by atoms with van der Waals surface area (Å²) < 4.78 is 14.1. The maximum Gasteiger partial charge on any atom is 0.307 e. The Morgan fingerprint density at radius 3 is 2.55 bits per heavy atom. The van der Waals surface area contributed by atoms with Crippen LogP contribution in [0.15, 0.2) is 48.5 Å². The van der Waals surface area contributed by atoms with E-state index in [0.717, 1.165) is 6.07 Å². The molecular formula is C22H23FN2O4. The van der Waals surface area contributed by atoms with Crippen LogP contribution in [0.3, 0.4) is 0 Å². The topological polar surface area (TPSA) is 86.7 Å². The first kappa shape index (κ1) is 20.5. The summed E-state index contributed by atoms with van der Waals surface area (Å²) in [6, 6.07) is 12.9. The van der Waals surface area contributed by atoms with E-state index < -0.39 is 23.6 Å². The predicted molar refractivity (Wildman–Crippen MR) is 106 cm³/mol. The molecule has 0 aliphatic carbocycles. The zero-order valence-electron chi connectivity index (χ0n) is 16.2. The number of hydrogen-bond donors (Lipinski definition) is 2. The second kappa shape index (κ2) is 8.43. The number of anilines is 1. The number of benzene rings is 2. The van der Waals surface area contributed by atoms with Crippen molar-refractivity contribution in [3.05, 3.63) is 65.5 Å². The molecule has 2 aromatic carbocycles. The molecule has 2 amide bonds. The van der Waals surface area contributed by atoms with Gasteiger partial charge in [-0.05, 0) is 49.6 Å². The van der Waals surface area contributed by atoms with Gasteiger partial charge in [-0.15, -0.1) is 0 Å². The summed E-state index contributed by atoms with van der Waals surface area (Å²) in [7, 11) is 0. The monoisotopic (exact) mass is 398 g/mol. The summed E-state index contributed by atoms with van der Waals surface area (Å²) in [6.07, 6.45) is 0.875. The molecule has 1 aliphatic heterocycles. The van der Waals surface area contributed by atoms with Crippen LogP contribution in [0.4, 0.5) is 10.1 Å². The van der Waals surface area contributed by atoms with E-state index in [2.05, 4.69) is 5.32 Å². The van der Waals surface area contributed by atoms with Crippen molar-refractivity contribution in [1.82, 2.24) is 4.90 Å². The lowest BCUT2D eigenvalue weighted by molar-refractivity contribution is -0.136. The van der Waals surface area contributed by atoms with Crippen LogP contribution in [-0.4, -0.2) is 40.9 Å². The average Bonchev–Trinajstić information content (AvgIpc) is 2.70. The molecule has 1 unspecified atom stereocenters. The smallest absolute Gasteiger partial charge is 0.307 e. The van der Waals surface area contributed by atoms with E-state index in [1.54, 1.807) is 36.1 Å². The van der Waals surface area contributed by atoms with Gasteiger partial charge in [-0.3, -0.25) is 14.4 Å². The van der Waals surface area contributed by atoms with Crippen molar-refractivity contribution in [1.29, 1.82) is 0 Å². The lowest BCUT2D eigenvalue weighted by atomic mass is 9.80. The lowest BCUT2D eigenvalue weighted by Crippen LogP contribution is -2.50. The normalized spacial score (nSPS) is 18.9. The maximum absolute atomic E-state index is 14.1. The van der Waals surface area contributed by atoms with Gasteiger partial charge in [0.2, 0.25) is 5.91 Å². The molecule has 1 atom stereocenters. The molecule has 2 aromatic rings. The summed E-state index contributed by atoms with van der Waals surface area (Å²) in [5.41, 5.74) is 0.0838. The Morgan fingerprint density at radius 1 is 1.17 bits per heavy atom. The third-order valence-corrected chi connectivity index (χ3v) is 5.21. The van der Waals surface area contributed by atoms with Crippen LogP contribution in [0.1, 0.15) is 35.7 Å². The number of aliphatic carboxylic acids is 1. The number of nitrogens with zero attached hydrogens (tertiary/aromatic N) is 1. The number of nitrogens with one attached hydrogen (secondary N) is 1. The van der Waals surface area contributed by atoms with Crippen LogP contribution in [0.5, 0.6) is 0 Å². The number of carboxylic acids is 1. The highest BCUT2D eigenvalue weighted by Crippen LogP contribution is 2.32. The molecule has 1 heterocycles. The molecule has 1 aliphatic rings. The number of piperidine rings is 1. The average molecular weight is 398 g/mol. The van der Waals surface area contributed by atoms with Crippen LogP contribution in [0.25, 0.3) is 0 Å². The van der Waals surface area contributed by atoms with Crippen LogP contribution >= 0.6 is 0 Å². The number of amides is 2. The number of carbonyl (C=O) groups excluding carboxylic acids is 2. The van der Waals surface area contributed by atoms with Gasteiger partial charge in [-0.1, -0.05) is 24.3 Å². The van der Waals surface area contributed by atoms with E-state index in [4.69, 9.17) is 5.11 Å². The maximum atomic E-state index is 14.1. The van der Waals surface area contributed by atoms with E-state index in [0.29, 0.717) is 24.9 Å². The first-order valence-electron chi connectivity index (χ1n) is 9.44. The van der Waals surface area contributed by atoms with Crippen LogP contribution in [-0.2, 0) is 16.0 Å². The summed E-state index contributed by atoms with van der Waals surface area (Å²) >= 11 is 0. The Balaban J connectivity index is 1.70. The lowest BCUT2D eigenvalue weighted by Gasteiger charge is -2.39. The molecule has 0 saturated carbocycles. The first-order valence-corrected chi connectivity index (χ1v) is 9.44. The first-order chi connectivity index (χ1) is 13.8. The van der Waals surface area contributed by atoms with Crippen molar-refractivity contribution in [2.45, 2.75) is 26.2 Å². The van der Waals surface area contributed by atoms with Crippen LogP contribution < -0.4 is 5.32 Å². The third kappa shape index (κ3) is 4.80. The second-order valence-corrected chi connectivity index (χ2v) is 7.59. The third-order valence-electron chi connectivity index (χ3n) is 5.21. The minimum absolute atomic E-state index is 0.0546. The molecule has 0 bridgehead atoms. The summed E-state index contributed by atoms with van der Waals surface area (Å²) in [5, 5.41) is 11.5. The molecule has 152 valence electrons. The predicted octanol–water partition coefficient (Wildman–Crippen LogP) is 3.33. The Bertz CT molecular complexity index is 932. The highest BCUT2D eigenvalue weighted by Gasteiger charge is 2.39. The number of likely N-dealkylation sites (tertiary alicyclic amines) is 1. The van der Waals surface area contributed by atoms with Crippen molar-refractivity contribution in [3.8, 4) is 0 Å². The molecular weight excluding hydrogens is 375 g/mol. The largest absolute Gasteiger partial charge is 0.481 e. The highest BCUT2D eigenvalue weighted by molar-refractivity contribution is 5.97. The van der Waals surface area contributed by atoms with Gasteiger partial charge in [0.05, 0.1) is 11.8 Å². The Morgan fingerprint density at radius 2 is 1.90 bits per heavy atom. The van der Waals surface area contributed by atoms with Crippen molar-refractivity contribution < 1.29 is 23.9 Å². The van der Waals surface area contributed by atoms with E-state index >= 15 is 0 Å². The van der Waals surface area contributed by atoms with Crippen molar-refractivity contribution >= 4 is 23.5 Å². The van der Waals surface area contributed by atoms with Crippen LogP contribution in [0.2, 0.25) is 0 Å². The second-order valence-electron chi connectivity index (χ2n) is 7.59. The molecule has 2 N–H and O–H groups in total. The minimum atomic E-state index is -1.13. The number of halogens is 1. The molecule has 1 fully saturated rings. The highest BCUT2D eigenvalue weighted by atomic mass is 19.1. The van der Waals surface area contributed by atoms with Gasteiger partial charge < -0.3 is 15.3 Å². The molecule has 6 nitrogen and oxygen atoms in total. The molecule has 0 radical (unpaired) electrons. The van der Waals surface area contributed by atoms with Crippen LogP contribution in [0, 0.1) is 11.2 Å². The molecule has 0 aromatic heterocycles. The fourth-order valence-electron chi connectivity index (χ4n) is 3.57. The SMILES string of the molecule is CC1(C(=O)Nc2ccc(CC(=O)O)c(F)c2)CCCN(C(=O)c2ccccc2)C1. The molecule has 0 spiro atoms. The van der Waals surface area contributed by atoms with E-state index in [9.17, 15) is 18.8 Å². The quantitative estimate of drug-likeness (QED) is 0.809. The zero-order chi connectivity index (χ0) is 21.0. The standard InChI is InChI=1S/C22H23FN2O4/c1-22(10-5-11-25(14-22)20(28)15-6-3-2-4-7-15)21(29)24-17-9-8-16(12-19(26)27)18(23)13-17/h2-4,6-9,13H,5,10-12,14H2,1H3,(H,24,29)(H,26,27). The minimum Gasteiger partial charge on any atom is -0.481 e. The fourth-order valence-corrected chi connectivity index (χ4v) is 3.57. The number of carbonyl (C=O) groups is 3. The van der Waals surface area contributed by atoms with Crippen molar-refractivity contribution in [3.63, 3.8) is 0 Å². The zero-order valence-corrected chi connectivity index (χ0v) is 16.2. The van der Waals surface area contributed by atoms with Gasteiger partial charge in [0.15, 0.2) is 0 Å². The van der Waals surface area contributed by atoms with Gasteiger partial charge in [0.1, 0.15) is 5.82 Å². The van der Waals surface area contributed by atoms with Gasteiger partial charge in [0.25, 0.3) is 5.91 Å². The number of rotatable bonds is 5. The Kier molecular flexibility index (Phi) is 5.96. The summed E-state index contributed by atoms with van der Waals surface area (Å²) in [4.78, 5) is 38.1. The van der Waals surface area contributed by atoms with Gasteiger partial charge in [-0.25, -0.2) is 4.39 Å². The van der Waals surface area contributed by atoms with Gasteiger partial charge in [-0.2, -0.15) is 0 Å². The van der Waals surface area contributed by atoms with E-state index in [1.807, 2.05) is 6.07 Å².